The molecule has 1 fully saturated rings. The van der Waals surface area contributed by atoms with Crippen molar-refractivity contribution < 1.29 is 14.2 Å². The molecule has 0 saturated heterocycles. The predicted octanol–water partition coefficient (Wildman–Crippen LogP) is 3.41. The number of hydrogen-bond acceptors (Lipinski definition) is 4. The molecule has 1 saturated carbocycles. The summed E-state index contributed by atoms with van der Waals surface area (Å²) in [5.74, 6) is 1.79. The predicted molar refractivity (Wildman–Crippen MR) is 104 cm³/mol. The Morgan fingerprint density at radius 1 is 1.42 bits per heavy atom. The van der Waals surface area contributed by atoms with Gasteiger partial charge in [0.25, 0.3) is 17.5 Å². The fourth-order valence-corrected chi connectivity index (χ4v) is 4.70. The first kappa shape index (κ1) is 17.3. The van der Waals surface area contributed by atoms with E-state index < -0.39 is 0 Å². The van der Waals surface area contributed by atoms with Crippen LogP contribution in [-0.2, 0) is 0 Å². The lowest BCUT2D eigenvalue weighted by atomic mass is 9.95. The van der Waals surface area contributed by atoms with Gasteiger partial charge in [-0.3, -0.25) is 10.1 Å². The molecule has 0 unspecified atom stereocenters. The molecule has 4 N–H and O–H groups in total. The number of nitrogens with one attached hydrogen (secondary N) is 2. The third-order valence-electron chi connectivity index (χ3n) is 4.87. The number of nitrogens with zero attached hydrogens (tertiary/aromatic N) is 2. The van der Waals surface area contributed by atoms with Crippen LogP contribution in [-0.4, -0.2) is 16.5 Å². The Labute approximate surface area is 160 Å². The molecule has 0 radical (unpaired) electrons. The Balaban J connectivity index is 2.00. The molecular formula is C18H22ClN5OS+2. The van der Waals surface area contributed by atoms with E-state index in [-0.39, 0.29) is 5.91 Å². The van der Waals surface area contributed by atoms with E-state index in [1.54, 1.807) is 28.9 Å². The van der Waals surface area contributed by atoms with Crippen molar-refractivity contribution in [1.82, 2.24) is 4.57 Å². The molecule has 0 atom stereocenters. The number of halogens is 1. The molecule has 1 aliphatic rings. The fourth-order valence-electron chi connectivity index (χ4n) is 3.74. The van der Waals surface area contributed by atoms with Gasteiger partial charge in [0, 0.05) is 6.92 Å². The van der Waals surface area contributed by atoms with Crippen LogP contribution < -0.4 is 20.4 Å². The minimum Gasteiger partial charge on any atom is -0.305 e. The summed E-state index contributed by atoms with van der Waals surface area (Å²) >= 11 is 7.78. The number of aromatic amines is 1. The van der Waals surface area contributed by atoms with Gasteiger partial charge in [0.2, 0.25) is 5.69 Å². The minimum absolute atomic E-state index is 0.0967. The summed E-state index contributed by atoms with van der Waals surface area (Å²) in [6, 6.07) is 6.04. The monoisotopic (exact) mass is 391 g/mol. The first-order chi connectivity index (χ1) is 12.6. The molecule has 0 spiro atoms. The summed E-state index contributed by atoms with van der Waals surface area (Å²) in [5, 5.41) is 6.07. The van der Waals surface area contributed by atoms with Crippen molar-refractivity contribution in [2.24, 2.45) is 0 Å². The van der Waals surface area contributed by atoms with Crippen LogP contribution in [0.5, 0.6) is 0 Å². The topological polar surface area (TPSA) is 78.3 Å². The van der Waals surface area contributed by atoms with Gasteiger partial charge in [0.05, 0.1) is 17.0 Å². The van der Waals surface area contributed by atoms with Gasteiger partial charge < -0.3 is 5.73 Å². The molecular weight excluding hydrogens is 370 g/mol. The highest BCUT2D eigenvalue weighted by molar-refractivity contribution is 7.13. The Bertz CT molecular complexity index is 960. The number of anilines is 2. The summed E-state index contributed by atoms with van der Waals surface area (Å²) in [7, 11) is 0. The first-order valence-electron chi connectivity index (χ1n) is 8.85. The second-order valence-electron chi connectivity index (χ2n) is 6.71. The van der Waals surface area contributed by atoms with Crippen LogP contribution in [0.2, 0.25) is 5.15 Å². The van der Waals surface area contributed by atoms with Crippen molar-refractivity contribution in [3.05, 3.63) is 28.7 Å². The number of imidazole rings is 1. The lowest BCUT2D eigenvalue weighted by molar-refractivity contribution is -0.556. The van der Waals surface area contributed by atoms with Crippen molar-refractivity contribution >= 4 is 46.3 Å². The number of aromatic nitrogens is 3. The van der Waals surface area contributed by atoms with Gasteiger partial charge in [0.1, 0.15) is 0 Å². The molecule has 6 nitrogen and oxygen atoms in total. The molecule has 0 aromatic carbocycles. The van der Waals surface area contributed by atoms with Gasteiger partial charge in [-0.25, -0.2) is 4.98 Å². The van der Waals surface area contributed by atoms with E-state index in [1.165, 1.54) is 19.3 Å². The van der Waals surface area contributed by atoms with Crippen molar-refractivity contribution in [3.8, 4) is 10.6 Å². The zero-order valence-corrected chi connectivity index (χ0v) is 16.2. The van der Waals surface area contributed by atoms with Crippen LogP contribution in [0.4, 0.5) is 11.6 Å². The summed E-state index contributed by atoms with van der Waals surface area (Å²) in [6.45, 7) is 1.55. The lowest BCUT2D eigenvalue weighted by Crippen LogP contribution is -2.37. The Morgan fingerprint density at radius 2 is 2.19 bits per heavy atom. The van der Waals surface area contributed by atoms with Crippen molar-refractivity contribution in [2.45, 2.75) is 45.1 Å². The lowest BCUT2D eigenvalue weighted by Gasteiger charge is -2.19. The Hall–Kier alpha value is -2.12. The van der Waals surface area contributed by atoms with Crippen LogP contribution in [0.1, 0.15) is 43.8 Å². The molecule has 26 heavy (non-hydrogen) atoms. The van der Waals surface area contributed by atoms with E-state index in [0.717, 1.165) is 29.2 Å². The maximum atomic E-state index is 12.5. The number of nitrogens with two attached hydrogens (primary N) is 1. The van der Waals surface area contributed by atoms with E-state index in [9.17, 15) is 4.79 Å². The van der Waals surface area contributed by atoms with Crippen molar-refractivity contribution in [1.29, 1.82) is 0 Å². The zero-order valence-electron chi connectivity index (χ0n) is 14.6. The normalized spacial score (nSPS) is 15.5. The van der Waals surface area contributed by atoms with Gasteiger partial charge in [-0.15, -0.1) is 20.3 Å². The molecule has 3 aromatic rings. The summed E-state index contributed by atoms with van der Waals surface area (Å²) < 4.78 is 3.51. The highest BCUT2D eigenvalue weighted by Gasteiger charge is 2.36. The molecule has 8 heteroatoms. The number of rotatable bonds is 3. The van der Waals surface area contributed by atoms with Gasteiger partial charge in [-0.05, 0) is 48.7 Å². The second kappa shape index (κ2) is 6.89. The average molecular weight is 392 g/mol. The van der Waals surface area contributed by atoms with Crippen LogP contribution >= 0.6 is 22.9 Å². The van der Waals surface area contributed by atoms with Gasteiger partial charge in [-0.1, -0.05) is 12.5 Å². The van der Waals surface area contributed by atoms with Gasteiger partial charge in [-0.2, -0.15) is 0 Å². The molecule has 0 amide bonds. The molecule has 1 aliphatic carbocycles. The van der Waals surface area contributed by atoms with Gasteiger partial charge in [0.15, 0.2) is 5.15 Å². The smallest absolute Gasteiger partial charge is 0.305 e. The minimum atomic E-state index is -0.0967. The largest absolute Gasteiger partial charge is 0.416 e. The van der Waals surface area contributed by atoms with Crippen molar-refractivity contribution in [3.63, 3.8) is 0 Å². The number of H-pyrrole nitrogens is 1. The molecule has 0 aliphatic heterocycles. The highest BCUT2D eigenvalue weighted by Crippen LogP contribution is 2.33. The van der Waals surface area contributed by atoms with Crippen LogP contribution in [0.25, 0.3) is 16.3 Å². The van der Waals surface area contributed by atoms with Gasteiger partial charge >= 0.3 is 5.78 Å². The quantitative estimate of drug-likeness (QED) is 0.530. The third kappa shape index (κ3) is 2.95. The number of carbonyl (C=O) groups excluding carboxylic acids is 1. The van der Waals surface area contributed by atoms with E-state index in [2.05, 4.69) is 10.3 Å². The van der Waals surface area contributed by atoms with Crippen LogP contribution in [0.15, 0.2) is 23.6 Å². The summed E-state index contributed by atoms with van der Waals surface area (Å²) in [4.78, 5) is 16.6. The van der Waals surface area contributed by atoms with E-state index >= 15 is 0 Å². The Kier molecular flexibility index (Phi) is 4.58. The van der Waals surface area contributed by atoms with Crippen LogP contribution in [0, 0.1) is 0 Å². The highest BCUT2D eigenvalue weighted by atomic mass is 35.5. The van der Waals surface area contributed by atoms with E-state index in [0.29, 0.717) is 22.8 Å². The summed E-state index contributed by atoms with van der Waals surface area (Å²) in [5.41, 5.74) is 7.12. The molecule has 136 valence electrons. The number of carbonyl (C=O) groups is 1. The molecule has 3 heterocycles. The molecule has 3 aromatic heterocycles. The zero-order chi connectivity index (χ0) is 18.3. The standard InChI is InChI=1S/C18H20ClN5OS/c1-11(25)23-16(13-8-5-9-26-13)17(21-12-6-3-2-4-7-12)24-15(20)10-14(19)22-18(23)24/h5,8-10,12,20-21H,2-4,6-7H2,1H3/p+2. The van der Waals surface area contributed by atoms with Crippen molar-refractivity contribution in [2.75, 3.05) is 11.1 Å². The Morgan fingerprint density at radius 3 is 2.85 bits per heavy atom. The third-order valence-corrected chi connectivity index (χ3v) is 5.95. The molecule has 4 rings (SSSR count). The maximum absolute atomic E-state index is 12.5. The SMILES string of the molecule is CC(=O)n1c(-c2cccs2)c(NC2CCCCC2)[n+]2c(N)cc(Cl)[nH+]c12. The first-order valence-corrected chi connectivity index (χ1v) is 10.1. The van der Waals surface area contributed by atoms with E-state index in [4.69, 9.17) is 17.3 Å². The van der Waals surface area contributed by atoms with E-state index in [1.807, 2.05) is 21.9 Å². The number of thiophene rings is 1. The van der Waals surface area contributed by atoms with Crippen LogP contribution in [0.3, 0.4) is 0 Å². The maximum Gasteiger partial charge on any atom is 0.416 e. The summed E-state index contributed by atoms with van der Waals surface area (Å²) in [6.07, 6.45) is 5.96. The molecule has 0 bridgehead atoms. The number of hydrogen-bond donors (Lipinski definition) is 2. The second-order valence-corrected chi connectivity index (χ2v) is 8.06. The number of fused-ring (bicyclic) bond motifs is 1. The number of nitrogen functional groups attached to an aromatic ring is 1. The average Bonchev–Trinajstić information content (AvgIpc) is 3.21. The fraction of sp³-hybridized carbons (Fsp3) is 0.389.